The van der Waals surface area contributed by atoms with E-state index in [2.05, 4.69) is 5.32 Å². The summed E-state index contributed by atoms with van der Waals surface area (Å²) >= 11 is 0. The van der Waals surface area contributed by atoms with Crippen molar-refractivity contribution in [3.8, 4) is 0 Å². The summed E-state index contributed by atoms with van der Waals surface area (Å²) in [5, 5.41) is 3.09. The zero-order valence-electron chi connectivity index (χ0n) is 12.0. The Morgan fingerprint density at radius 1 is 1.10 bits per heavy atom. The van der Waals surface area contributed by atoms with Gasteiger partial charge in [0.15, 0.2) is 0 Å². The van der Waals surface area contributed by atoms with Crippen molar-refractivity contribution in [2.45, 2.75) is 26.1 Å². The second kappa shape index (κ2) is 8.22. The Labute approximate surface area is 135 Å². The van der Waals surface area contributed by atoms with E-state index >= 15 is 0 Å². The topological polar surface area (TPSA) is 15.3 Å². The van der Waals surface area contributed by atoms with E-state index in [1.165, 1.54) is 4.90 Å². The molecular formula is C14H21Cl2F3N2. The van der Waals surface area contributed by atoms with Gasteiger partial charge in [0.1, 0.15) is 6.04 Å². The summed E-state index contributed by atoms with van der Waals surface area (Å²) in [6.45, 7) is 5.72. The summed E-state index contributed by atoms with van der Waals surface area (Å²) in [5.41, 5.74) is 2.07. The molecule has 1 aliphatic heterocycles. The molecule has 0 saturated carbocycles. The van der Waals surface area contributed by atoms with Gasteiger partial charge in [-0.1, -0.05) is 23.8 Å². The lowest BCUT2D eigenvalue weighted by Gasteiger charge is -2.36. The molecule has 0 aromatic heterocycles. The molecule has 0 spiro atoms. The van der Waals surface area contributed by atoms with Crippen LogP contribution >= 0.6 is 24.8 Å². The van der Waals surface area contributed by atoms with Crippen LogP contribution in [0.1, 0.15) is 22.7 Å². The van der Waals surface area contributed by atoms with Gasteiger partial charge in [-0.2, -0.15) is 13.2 Å². The van der Waals surface area contributed by atoms with Crippen LogP contribution < -0.4 is 5.32 Å². The van der Waals surface area contributed by atoms with Crippen molar-refractivity contribution in [3.05, 3.63) is 34.9 Å². The van der Waals surface area contributed by atoms with Gasteiger partial charge in [-0.3, -0.25) is 4.90 Å². The number of rotatable bonds is 2. The second-order valence-corrected chi connectivity index (χ2v) is 5.09. The Morgan fingerprint density at radius 2 is 1.67 bits per heavy atom. The van der Waals surface area contributed by atoms with Crippen LogP contribution in [0.5, 0.6) is 0 Å². The third-order valence-electron chi connectivity index (χ3n) is 3.55. The Morgan fingerprint density at radius 3 is 2.14 bits per heavy atom. The van der Waals surface area contributed by atoms with Crippen LogP contribution in [0.2, 0.25) is 0 Å². The van der Waals surface area contributed by atoms with Crippen LogP contribution in [0.3, 0.4) is 0 Å². The third kappa shape index (κ3) is 5.02. The van der Waals surface area contributed by atoms with Crippen LogP contribution in [0.25, 0.3) is 0 Å². The molecule has 2 nitrogen and oxygen atoms in total. The van der Waals surface area contributed by atoms with Crippen molar-refractivity contribution >= 4 is 24.8 Å². The number of hydrogen-bond acceptors (Lipinski definition) is 2. The molecule has 1 aromatic rings. The first-order chi connectivity index (χ1) is 8.89. The smallest absolute Gasteiger partial charge is 0.314 e. The van der Waals surface area contributed by atoms with Crippen LogP contribution in [0, 0.1) is 13.8 Å². The molecule has 2 rings (SSSR count). The summed E-state index contributed by atoms with van der Waals surface area (Å²) in [6.07, 6.45) is -4.24. The first-order valence-corrected chi connectivity index (χ1v) is 6.48. The molecule has 1 aliphatic rings. The van der Waals surface area contributed by atoms with Crippen LogP contribution in [0.4, 0.5) is 13.2 Å². The van der Waals surface area contributed by atoms with Gasteiger partial charge in [0.05, 0.1) is 0 Å². The highest BCUT2D eigenvalue weighted by Gasteiger charge is 2.45. The number of nitrogens with one attached hydrogen (secondary N) is 1. The average molecular weight is 345 g/mol. The van der Waals surface area contributed by atoms with Crippen molar-refractivity contribution in [2.24, 2.45) is 0 Å². The fourth-order valence-corrected chi connectivity index (χ4v) is 2.65. The molecule has 1 N–H and O–H groups in total. The largest absolute Gasteiger partial charge is 0.408 e. The van der Waals surface area contributed by atoms with Gasteiger partial charge in [0.25, 0.3) is 0 Å². The zero-order valence-corrected chi connectivity index (χ0v) is 13.7. The van der Waals surface area contributed by atoms with Crippen molar-refractivity contribution in [3.63, 3.8) is 0 Å². The van der Waals surface area contributed by atoms with E-state index < -0.39 is 12.2 Å². The summed E-state index contributed by atoms with van der Waals surface area (Å²) in [6, 6.07) is 3.69. The lowest BCUT2D eigenvalue weighted by atomic mass is 9.97. The predicted molar refractivity (Wildman–Crippen MR) is 83.7 cm³/mol. The number of halogens is 5. The van der Waals surface area contributed by atoms with Crippen molar-refractivity contribution < 1.29 is 13.2 Å². The minimum absolute atomic E-state index is 0. The molecule has 0 radical (unpaired) electrons. The molecule has 1 heterocycles. The van der Waals surface area contributed by atoms with Crippen molar-refractivity contribution in [1.29, 1.82) is 0 Å². The number of hydrogen-bond donors (Lipinski definition) is 1. The summed E-state index contributed by atoms with van der Waals surface area (Å²) in [5.74, 6) is 0. The van der Waals surface area contributed by atoms with Crippen LogP contribution in [-0.2, 0) is 0 Å². The number of benzene rings is 1. The van der Waals surface area contributed by atoms with E-state index in [4.69, 9.17) is 0 Å². The molecular weight excluding hydrogens is 324 g/mol. The van der Waals surface area contributed by atoms with Gasteiger partial charge in [-0.15, -0.1) is 24.8 Å². The Hall–Kier alpha value is -0.490. The number of alkyl halides is 3. The lowest BCUT2D eigenvalue weighted by molar-refractivity contribution is -0.188. The highest BCUT2D eigenvalue weighted by Crippen LogP contribution is 2.39. The van der Waals surface area contributed by atoms with E-state index in [9.17, 15) is 13.2 Å². The molecule has 0 amide bonds. The van der Waals surface area contributed by atoms with Crippen LogP contribution in [-0.4, -0.2) is 37.3 Å². The highest BCUT2D eigenvalue weighted by atomic mass is 35.5. The van der Waals surface area contributed by atoms with Crippen molar-refractivity contribution in [1.82, 2.24) is 10.2 Å². The molecule has 0 unspecified atom stereocenters. The minimum atomic E-state index is -4.24. The second-order valence-electron chi connectivity index (χ2n) is 5.09. The number of piperazine rings is 1. The standard InChI is InChI=1S/C14H19F3N2.2ClH/c1-10-3-4-12(11(2)9-10)13(14(15,16)17)19-7-5-18-6-8-19;;/h3-4,9,13,18H,5-8H2,1-2H3;2*1H/t13-;;/m1../s1. The molecule has 122 valence electrons. The normalized spacial score (nSPS) is 17.6. The molecule has 0 bridgehead atoms. The summed E-state index contributed by atoms with van der Waals surface area (Å²) < 4.78 is 40.2. The van der Waals surface area contributed by atoms with Gasteiger partial charge in [-0.25, -0.2) is 0 Å². The molecule has 1 aromatic carbocycles. The quantitative estimate of drug-likeness (QED) is 0.880. The maximum atomic E-state index is 13.4. The molecule has 21 heavy (non-hydrogen) atoms. The SMILES string of the molecule is Cc1ccc([C@@H](N2CCNCC2)C(F)(F)F)c(C)c1.Cl.Cl. The van der Waals surface area contributed by atoms with E-state index in [-0.39, 0.29) is 24.8 Å². The average Bonchev–Trinajstić information content (AvgIpc) is 2.32. The Balaban J connectivity index is 0.00000200. The van der Waals surface area contributed by atoms with E-state index in [1.54, 1.807) is 19.1 Å². The predicted octanol–water partition coefficient (Wildman–Crippen LogP) is 3.66. The molecule has 0 aliphatic carbocycles. The summed E-state index contributed by atoms with van der Waals surface area (Å²) in [4.78, 5) is 1.52. The van der Waals surface area contributed by atoms with E-state index in [1.807, 2.05) is 13.0 Å². The highest BCUT2D eigenvalue weighted by molar-refractivity contribution is 5.85. The zero-order chi connectivity index (χ0) is 14.0. The monoisotopic (exact) mass is 344 g/mol. The molecule has 1 fully saturated rings. The number of nitrogens with zero attached hydrogens (tertiary/aromatic N) is 1. The summed E-state index contributed by atoms with van der Waals surface area (Å²) in [7, 11) is 0. The van der Waals surface area contributed by atoms with Gasteiger partial charge >= 0.3 is 6.18 Å². The first-order valence-electron chi connectivity index (χ1n) is 6.48. The Bertz CT molecular complexity index is 446. The van der Waals surface area contributed by atoms with Crippen LogP contribution in [0.15, 0.2) is 18.2 Å². The van der Waals surface area contributed by atoms with Gasteiger partial charge < -0.3 is 5.32 Å². The van der Waals surface area contributed by atoms with Gasteiger partial charge in [0, 0.05) is 26.2 Å². The van der Waals surface area contributed by atoms with E-state index in [0.717, 1.165) is 5.56 Å². The van der Waals surface area contributed by atoms with E-state index in [0.29, 0.717) is 37.3 Å². The van der Waals surface area contributed by atoms with Gasteiger partial charge in [0.2, 0.25) is 0 Å². The molecule has 7 heteroatoms. The fourth-order valence-electron chi connectivity index (χ4n) is 2.65. The molecule has 1 atom stereocenters. The first kappa shape index (κ1) is 20.5. The Kier molecular flexibility index (Phi) is 8.03. The maximum Gasteiger partial charge on any atom is 0.408 e. The number of aryl methyl sites for hydroxylation is 2. The fraction of sp³-hybridized carbons (Fsp3) is 0.571. The van der Waals surface area contributed by atoms with Gasteiger partial charge in [-0.05, 0) is 25.0 Å². The maximum absolute atomic E-state index is 13.4. The minimum Gasteiger partial charge on any atom is -0.314 e. The third-order valence-corrected chi connectivity index (χ3v) is 3.55. The lowest BCUT2D eigenvalue weighted by Crippen LogP contribution is -2.49. The molecule has 1 saturated heterocycles. The van der Waals surface area contributed by atoms with Crippen molar-refractivity contribution in [2.75, 3.05) is 26.2 Å².